The van der Waals surface area contributed by atoms with E-state index in [1.54, 1.807) is 0 Å². The lowest BCUT2D eigenvalue weighted by Gasteiger charge is -2.20. The Kier molecular flexibility index (Phi) is 3.44. The summed E-state index contributed by atoms with van der Waals surface area (Å²) in [5.41, 5.74) is 0.00362. The molecule has 1 rings (SSSR count). The van der Waals surface area contributed by atoms with Crippen molar-refractivity contribution in [1.29, 1.82) is 0 Å². The third kappa shape index (κ3) is 2.51. The first kappa shape index (κ1) is 12.5. The molecule has 0 saturated heterocycles. The number of nitrogens with zero attached hydrogens (tertiary/aromatic N) is 1. The minimum atomic E-state index is -0.628. The van der Waals surface area contributed by atoms with E-state index in [0.29, 0.717) is 12.0 Å². The first-order valence-corrected chi connectivity index (χ1v) is 5.71. The summed E-state index contributed by atoms with van der Waals surface area (Å²) in [5.74, 6) is -0.397. The van der Waals surface area contributed by atoms with Crippen LogP contribution in [0.4, 0.5) is 0 Å². The fourth-order valence-electron chi connectivity index (χ4n) is 2.37. The van der Waals surface area contributed by atoms with Gasteiger partial charge in [-0.1, -0.05) is 13.8 Å². The van der Waals surface area contributed by atoms with Crippen molar-refractivity contribution < 1.29 is 9.90 Å². The molecule has 0 radical (unpaired) electrons. The van der Waals surface area contributed by atoms with Crippen molar-refractivity contribution in [3.05, 3.63) is 0 Å². The van der Waals surface area contributed by atoms with Gasteiger partial charge in [0.15, 0.2) is 0 Å². The molecule has 0 aliphatic heterocycles. The highest BCUT2D eigenvalue weighted by Gasteiger charge is 2.61. The van der Waals surface area contributed by atoms with Crippen LogP contribution in [0.5, 0.6) is 0 Å². The lowest BCUT2D eigenvalue weighted by atomic mass is 10.1. The van der Waals surface area contributed by atoms with Crippen molar-refractivity contribution in [1.82, 2.24) is 4.90 Å². The predicted octanol–water partition coefficient (Wildman–Crippen LogP) is 2.07. The standard InChI is InChI=1S/C12H23NO2/c1-8(2)13(5)7-6-9-10(11(14)15)12(9,3)4/h8-10H,6-7H2,1-5H3,(H,14,15)/t9-,10+/m1/s1. The Labute approximate surface area is 92.5 Å². The molecule has 0 unspecified atom stereocenters. The molecule has 2 atom stereocenters. The van der Waals surface area contributed by atoms with Crippen LogP contribution in [0, 0.1) is 17.3 Å². The minimum Gasteiger partial charge on any atom is -0.481 e. The number of hydrogen-bond acceptors (Lipinski definition) is 2. The SMILES string of the molecule is CC(C)N(C)CC[C@@H]1[C@@H](C(=O)O)C1(C)C. The molecular formula is C12H23NO2. The van der Waals surface area contributed by atoms with Crippen LogP contribution >= 0.6 is 0 Å². The Morgan fingerprint density at radius 1 is 1.47 bits per heavy atom. The summed E-state index contributed by atoms with van der Waals surface area (Å²) in [6, 6.07) is 0.537. The maximum absolute atomic E-state index is 11.0. The molecule has 3 heteroatoms. The molecule has 1 aliphatic carbocycles. The Bertz CT molecular complexity index is 248. The Balaban J connectivity index is 2.39. The zero-order chi connectivity index (χ0) is 11.8. The molecule has 0 spiro atoms. The van der Waals surface area contributed by atoms with Crippen LogP contribution in [-0.4, -0.2) is 35.6 Å². The largest absolute Gasteiger partial charge is 0.481 e. The predicted molar refractivity (Wildman–Crippen MR) is 60.8 cm³/mol. The van der Waals surface area contributed by atoms with Crippen molar-refractivity contribution in [2.24, 2.45) is 17.3 Å². The smallest absolute Gasteiger partial charge is 0.307 e. The number of carboxylic acid groups (broad SMARTS) is 1. The molecule has 0 bridgehead atoms. The van der Waals surface area contributed by atoms with E-state index in [9.17, 15) is 4.79 Å². The van der Waals surface area contributed by atoms with Crippen LogP contribution in [0.3, 0.4) is 0 Å². The van der Waals surface area contributed by atoms with Gasteiger partial charge in [-0.25, -0.2) is 0 Å². The zero-order valence-electron chi connectivity index (χ0n) is 10.4. The van der Waals surface area contributed by atoms with E-state index >= 15 is 0 Å². The van der Waals surface area contributed by atoms with Crippen molar-refractivity contribution in [2.75, 3.05) is 13.6 Å². The van der Waals surface area contributed by atoms with Crippen molar-refractivity contribution in [2.45, 2.75) is 40.2 Å². The van der Waals surface area contributed by atoms with E-state index in [1.807, 2.05) is 0 Å². The lowest BCUT2D eigenvalue weighted by molar-refractivity contribution is -0.139. The van der Waals surface area contributed by atoms with Gasteiger partial charge < -0.3 is 10.0 Å². The summed E-state index contributed by atoms with van der Waals surface area (Å²) in [6.07, 6.45) is 0.999. The highest BCUT2D eigenvalue weighted by molar-refractivity contribution is 5.75. The average Bonchev–Trinajstić information content (AvgIpc) is 2.63. The van der Waals surface area contributed by atoms with E-state index in [2.05, 4.69) is 39.6 Å². The summed E-state index contributed by atoms with van der Waals surface area (Å²) in [5, 5.41) is 9.02. The average molecular weight is 213 g/mol. The van der Waals surface area contributed by atoms with Gasteiger partial charge in [0.1, 0.15) is 0 Å². The van der Waals surface area contributed by atoms with E-state index < -0.39 is 5.97 Å². The molecule has 0 amide bonds. The second-order valence-corrected chi connectivity index (χ2v) is 5.61. The molecular weight excluding hydrogens is 190 g/mol. The highest BCUT2D eigenvalue weighted by atomic mass is 16.4. The van der Waals surface area contributed by atoms with Crippen molar-refractivity contribution >= 4 is 5.97 Å². The quantitative estimate of drug-likeness (QED) is 0.760. The van der Waals surface area contributed by atoms with Gasteiger partial charge in [0.2, 0.25) is 0 Å². The highest BCUT2D eigenvalue weighted by Crippen LogP contribution is 2.59. The topological polar surface area (TPSA) is 40.5 Å². The zero-order valence-corrected chi connectivity index (χ0v) is 10.4. The Morgan fingerprint density at radius 2 is 2.00 bits per heavy atom. The summed E-state index contributed by atoms with van der Waals surface area (Å²) >= 11 is 0. The van der Waals surface area contributed by atoms with Crippen LogP contribution < -0.4 is 0 Å². The number of aliphatic carboxylic acids is 1. The van der Waals surface area contributed by atoms with Crippen LogP contribution in [0.2, 0.25) is 0 Å². The summed E-state index contributed by atoms with van der Waals surface area (Å²) in [4.78, 5) is 13.2. The van der Waals surface area contributed by atoms with E-state index in [0.717, 1.165) is 13.0 Å². The van der Waals surface area contributed by atoms with Crippen LogP contribution in [-0.2, 0) is 4.79 Å². The fourth-order valence-corrected chi connectivity index (χ4v) is 2.37. The molecule has 88 valence electrons. The molecule has 1 aliphatic rings. The van der Waals surface area contributed by atoms with Crippen LogP contribution in [0.25, 0.3) is 0 Å². The molecule has 1 saturated carbocycles. The third-order valence-corrected chi connectivity index (χ3v) is 3.99. The maximum Gasteiger partial charge on any atom is 0.307 e. The van der Waals surface area contributed by atoms with Gasteiger partial charge in [-0.05, 0) is 45.2 Å². The first-order chi connectivity index (χ1) is 6.78. The summed E-state index contributed by atoms with van der Waals surface area (Å²) < 4.78 is 0. The van der Waals surface area contributed by atoms with Crippen molar-refractivity contribution in [3.8, 4) is 0 Å². The summed E-state index contributed by atoms with van der Waals surface area (Å²) in [6.45, 7) is 9.44. The van der Waals surface area contributed by atoms with Gasteiger partial charge in [-0.2, -0.15) is 0 Å². The Hall–Kier alpha value is -0.570. The Morgan fingerprint density at radius 3 is 2.33 bits per heavy atom. The van der Waals surface area contributed by atoms with Crippen molar-refractivity contribution in [3.63, 3.8) is 0 Å². The second kappa shape index (κ2) is 4.12. The lowest BCUT2D eigenvalue weighted by Crippen LogP contribution is -2.27. The van der Waals surface area contributed by atoms with Crippen LogP contribution in [0.15, 0.2) is 0 Å². The molecule has 15 heavy (non-hydrogen) atoms. The monoisotopic (exact) mass is 213 g/mol. The summed E-state index contributed by atoms with van der Waals surface area (Å²) in [7, 11) is 2.09. The molecule has 0 heterocycles. The molecule has 3 nitrogen and oxygen atoms in total. The minimum absolute atomic E-state index is 0.00362. The van der Waals surface area contributed by atoms with Gasteiger partial charge in [0, 0.05) is 6.04 Å². The third-order valence-electron chi connectivity index (χ3n) is 3.99. The van der Waals surface area contributed by atoms with Gasteiger partial charge >= 0.3 is 5.97 Å². The molecule has 0 aromatic carbocycles. The maximum atomic E-state index is 11.0. The fraction of sp³-hybridized carbons (Fsp3) is 0.917. The van der Waals surface area contributed by atoms with E-state index in [-0.39, 0.29) is 11.3 Å². The number of carboxylic acids is 1. The number of rotatable bonds is 5. The molecule has 1 N–H and O–H groups in total. The van der Waals surface area contributed by atoms with Crippen LogP contribution in [0.1, 0.15) is 34.1 Å². The van der Waals surface area contributed by atoms with E-state index in [1.165, 1.54) is 0 Å². The number of carbonyl (C=O) groups is 1. The van der Waals surface area contributed by atoms with Gasteiger partial charge in [0.25, 0.3) is 0 Å². The molecule has 0 aromatic heterocycles. The van der Waals surface area contributed by atoms with Gasteiger partial charge in [0.05, 0.1) is 5.92 Å². The van der Waals surface area contributed by atoms with Gasteiger partial charge in [-0.3, -0.25) is 4.79 Å². The van der Waals surface area contributed by atoms with Gasteiger partial charge in [-0.15, -0.1) is 0 Å². The first-order valence-electron chi connectivity index (χ1n) is 5.71. The number of hydrogen-bond donors (Lipinski definition) is 1. The van der Waals surface area contributed by atoms with E-state index in [4.69, 9.17) is 5.11 Å². The molecule has 1 fully saturated rings. The second-order valence-electron chi connectivity index (χ2n) is 5.61. The molecule has 0 aromatic rings. The normalized spacial score (nSPS) is 28.5.